The van der Waals surface area contributed by atoms with Crippen molar-refractivity contribution in [1.82, 2.24) is 9.99 Å². The van der Waals surface area contributed by atoms with Gasteiger partial charge in [0.15, 0.2) is 0 Å². The zero-order valence-corrected chi connectivity index (χ0v) is 16.7. The molecule has 1 unspecified atom stereocenters. The largest absolute Gasteiger partial charge is 0.296 e. The van der Waals surface area contributed by atoms with Gasteiger partial charge in [0.25, 0.3) is 5.69 Å². The van der Waals surface area contributed by atoms with Crippen LogP contribution in [0.15, 0.2) is 59.0 Å². The fourth-order valence-corrected chi connectivity index (χ4v) is 4.31. The van der Waals surface area contributed by atoms with Gasteiger partial charge in [0.1, 0.15) is 5.69 Å². The molecule has 146 valence electrons. The van der Waals surface area contributed by atoms with E-state index in [0.717, 1.165) is 4.88 Å². The number of hydrazone groups is 1. The van der Waals surface area contributed by atoms with Crippen molar-refractivity contribution < 1.29 is 9.72 Å². The van der Waals surface area contributed by atoms with Crippen LogP contribution in [0.25, 0.3) is 11.3 Å². The Hall–Kier alpha value is -3.39. The van der Waals surface area contributed by atoms with Gasteiger partial charge in [-0.1, -0.05) is 36.4 Å². The molecule has 0 aliphatic carbocycles. The minimum atomic E-state index is -0.423. The lowest BCUT2D eigenvalue weighted by Crippen LogP contribution is -2.23. The van der Waals surface area contributed by atoms with E-state index in [1.807, 2.05) is 42.6 Å². The average Bonchev–Trinajstić information content (AvgIpc) is 3.38. The first-order valence-electron chi connectivity index (χ1n) is 9.08. The van der Waals surface area contributed by atoms with Gasteiger partial charge < -0.3 is 0 Å². The smallest absolute Gasteiger partial charge is 0.273 e. The summed E-state index contributed by atoms with van der Waals surface area (Å²) in [7, 11) is 0. The summed E-state index contributed by atoms with van der Waals surface area (Å²) in [6.07, 6.45) is 0.491. The standard InChI is InChI=1S/C21H18N4O3S/c1-13-16(11-19(25(27)28)21(22-13)15-7-4-3-5-8-15)17-12-18(20-9-6-10-29-20)24(23-17)14(2)26/h3-11,18H,12H2,1-2H3. The molecule has 8 heteroatoms. The van der Waals surface area contributed by atoms with Gasteiger partial charge in [-0.2, -0.15) is 5.10 Å². The van der Waals surface area contributed by atoms with Crippen LogP contribution in [0.4, 0.5) is 5.69 Å². The van der Waals surface area contributed by atoms with Gasteiger partial charge in [-0.15, -0.1) is 11.3 Å². The van der Waals surface area contributed by atoms with Crippen LogP contribution in [0.3, 0.4) is 0 Å². The molecule has 1 amide bonds. The molecule has 0 fully saturated rings. The van der Waals surface area contributed by atoms with Gasteiger partial charge >= 0.3 is 0 Å². The molecule has 1 aliphatic heterocycles. The maximum atomic E-state index is 12.1. The molecule has 4 rings (SSSR count). The van der Waals surface area contributed by atoms with Crippen molar-refractivity contribution in [3.63, 3.8) is 0 Å². The van der Waals surface area contributed by atoms with E-state index in [0.29, 0.717) is 34.6 Å². The summed E-state index contributed by atoms with van der Waals surface area (Å²) < 4.78 is 0. The third-order valence-electron chi connectivity index (χ3n) is 4.85. The average molecular weight is 406 g/mol. The normalized spacial score (nSPS) is 16.0. The zero-order chi connectivity index (χ0) is 20.5. The third kappa shape index (κ3) is 3.54. The molecule has 0 spiro atoms. The topological polar surface area (TPSA) is 88.7 Å². The van der Waals surface area contributed by atoms with E-state index in [1.165, 1.54) is 18.0 Å². The molecule has 1 aromatic carbocycles. The summed E-state index contributed by atoms with van der Waals surface area (Å²) in [5, 5.41) is 19.7. The van der Waals surface area contributed by atoms with Crippen LogP contribution in [0.2, 0.25) is 0 Å². The first-order valence-corrected chi connectivity index (χ1v) is 9.96. The van der Waals surface area contributed by atoms with E-state index in [4.69, 9.17) is 0 Å². The molecule has 3 heterocycles. The van der Waals surface area contributed by atoms with E-state index in [1.54, 1.807) is 23.5 Å². The minimum Gasteiger partial charge on any atom is -0.273 e. The van der Waals surface area contributed by atoms with Crippen LogP contribution in [-0.4, -0.2) is 26.5 Å². The molecule has 0 bridgehead atoms. The highest BCUT2D eigenvalue weighted by atomic mass is 32.1. The SMILES string of the molecule is CC(=O)N1N=C(c2cc([N+](=O)[O-])c(-c3ccccc3)nc2C)CC1c1cccs1. The molecule has 29 heavy (non-hydrogen) atoms. The fourth-order valence-electron chi connectivity index (χ4n) is 3.50. The Kier molecular flexibility index (Phi) is 4.94. The number of rotatable bonds is 4. The first-order chi connectivity index (χ1) is 14.0. The Morgan fingerprint density at radius 3 is 2.62 bits per heavy atom. The van der Waals surface area contributed by atoms with Gasteiger partial charge in [-0.05, 0) is 18.4 Å². The number of hydrogen-bond donors (Lipinski definition) is 0. The van der Waals surface area contributed by atoms with Crippen LogP contribution in [-0.2, 0) is 4.79 Å². The summed E-state index contributed by atoms with van der Waals surface area (Å²) in [4.78, 5) is 29.0. The quantitative estimate of drug-likeness (QED) is 0.463. The summed E-state index contributed by atoms with van der Waals surface area (Å²) in [5.41, 5.74) is 2.81. The number of hydrogen-bond acceptors (Lipinski definition) is 6. The Morgan fingerprint density at radius 2 is 2.00 bits per heavy atom. The number of benzene rings is 1. The van der Waals surface area contributed by atoms with E-state index >= 15 is 0 Å². The maximum absolute atomic E-state index is 12.1. The Balaban J connectivity index is 1.79. The summed E-state index contributed by atoms with van der Waals surface area (Å²) in [5.74, 6) is -0.167. The lowest BCUT2D eigenvalue weighted by molar-refractivity contribution is -0.384. The molecule has 2 aromatic heterocycles. The monoisotopic (exact) mass is 406 g/mol. The molecule has 1 aliphatic rings. The van der Waals surface area contributed by atoms with E-state index < -0.39 is 4.92 Å². The molecule has 0 saturated carbocycles. The molecule has 1 atom stereocenters. The highest BCUT2D eigenvalue weighted by Gasteiger charge is 2.34. The van der Waals surface area contributed by atoms with Crippen molar-refractivity contribution in [2.75, 3.05) is 0 Å². The van der Waals surface area contributed by atoms with Crippen LogP contribution in [0, 0.1) is 17.0 Å². The number of carbonyl (C=O) groups is 1. The molecule has 7 nitrogen and oxygen atoms in total. The molecule has 0 radical (unpaired) electrons. The number of amides is 1. The van der Waals surface area contributed by atoms with E-state index in [9.17, 15) is 14.9 Å². The molecular formula is C21H18N4O3S. The second kappa shape index (κ2) is 7.56. The van der Waals surface area contributed by atoms with Crippen molar-refractivity contribution in [3.8, 4) is 11.3 Å². The van der Waals surface area contributed by atoms with Gasteiger partial charge in [0.05, 0.1) is 16.7 Å². The number of thiophene rings is 1. The highest BCUT2D eigenvalue weighted by molar-refractivity contribution is 7.10. The molecule has 3 aromatic rings. The number of nitro groups is 1. The fraction of sp³-hybridized carbons (Fsp3) is 0.190. The second-order valence-corrected chi connectivity index (χ2v) is 7.74. The molecule has 0 saturated heterocycles. The summed E-state index contributed by atoms with van der Waals surface area (Å²) >= 11 is 1.56. The highest BCUT2D eigenvalue weighted by Crippen LogP contribution is 2.37. The van der Waals surface area contributed by atoms with Gasteiger partial charge in [0.2, 0.25) is 5.91 Å². The third-order valence-corrected chi connectivity index (χ3v) is 5.83. The van der Waals surface area contributed by atoms with Crippen LogP contribution in [0.5, 0.6) is 0 Å². The Labute approximate surface area is 171 Å². The maximum Gasteiger partial charge on any atom is 0.296 e. The Morgan fingerprint density at radius 1 is 1.24 bits per heavy atom. The zero-order valence-electron chi connectivity index (χ0n) is 15.9. The van der Waals surface area contributed by atoms with Crippen LogP contribution >= 0.6 is 11.3 Å². The summed E-state index contributed by atoms with van der Waals surface area (Å²) in [6.45, 7) is 3.28. The van der Waals surface area contributed by atoms with Crippen molar-refractivity contribution in [1.29, 1.82) is 0 Å². The minimum absolute atomic E-state index is 0.0755. The van der Waals surface area contributed by atoms with Crippen molar-refractivity contribution in [2.24, 2.45) is 5.10 Å². The van der Waals surface area contributed by atoms with Crippen molar-refractivity contribution in [3.05, 3.63) is 80.2 Å². The van der Waals surface area contributed by atoms with Crippen molar-refractivity contribution in [2.45, 2.75) is 26.3 Å². The number of nitrogens with zero attached hydrogens (tertiary/aromatic N) is 4. The lowest BCUT2D eigenvalue weighted by atomic mass is 9.99. The number of aryl methyl sites for hydroxylation is 1. The molecular weight excluding hydrogens is 388 g/mol. The van der Waals surface area contributed by atoms with Crippen LogP contribution in [0.1, 0.15) is 35.5 Å². The Bertz CT molecular complexity index is 1110. The number of pyridine rings is 1. The number of aromatic nitrogens is 1. The number of carbonyl (C=O) groups excluding carboxylic acids is 1. The van der Waals surface area contributed by atoms with E-state index in [-0.39, 0.29) is 17.6 Å². The van der Waals surface area contributed by atoms with Gasteiger partial charge in [-0.25, -0.2) is 9.99 Å². The van der Waals surface area contributed by atoms with Crippen molar-refractivity contribution >= 4 is 28.6 Å². The predicted octanol–water partition coefficient (Wildman–Crippen LogP) is 4.72. The van der Waals surface area contributed by atoms with Gasteiger partial charge in [-0.3, -0.25) is 14.9 Å². The first kappa shape index (κ1) is 18.9. The summed E-state index contributed by atoms with van der Waals surface area (Å²) in [6, 6.07) is 14.3. The van der Waals surface area contributed by atoms with E-state index in [2.05, 4.69) is 10.1 Å². The second-order valence-electron chi connectivity index (χ2n) is 6.76. The molecule has 0 N–H and O–H groups in total. The van der Waals surface area contributed by atoms with Crippen LogP contribution < -0.4 is 0 Å². The van der Waals surface area contributed by atoms with Gasteiger partial charge in [0, 0.05) is 41.1 Å². The predicted molar refractivity (Wildman–Crippen MR) is 112 cm³/mol. The lowest BCUT2D eigenvalue weighted by Gasteiger charge is -2.18.